The van der Waals surface area contributed by atoms with Crippen molar-refractivity contribution in [2.45, 2.75) is 23.1 Å². The molecule has 6 heteroatoms. The van der Waals surface area contributed by atoms with Crippen LogP contribution in [0.15, 0.2) is 52.4 Å². The highest BCUT2D eigenvalue weighted by Gasteiger charge is 2.20. The zero-order valence-corrected chi connectivity index (χ0v) is 14.9. The number of carbonyl (C=O) groups is 1. The van der Waals surface area contributed by atoms with Crippen LogP contribution in [0.4, 0.5) is 0 Å². The molecule has 0 saturated heterocycles. The van der Waals surface area contributed by atoms with Crippen molar-refractivity contribution in [3.8, 4) is 0 Å². The van der Waals surface area contributed by atoms with E-state index in [9.17, 15) is 4.79 Å². The zero-order valence-electron chi connectivity index (χ0n) is 13.4. The average Bonchev–Trinajstić information content (AvgIpc) is 2.93. The van der Waals surface area contributed by atoms with Gasteiger partial charge in [-0.1, -0.05) is 30.3 Å². The molecule has 0 aliphatic carbocycles. The molecule has 0 spiro atoms. The molecule has 0 saturated carbocycles. The number of ether oxygens (including phenoxy) is 1. The lowest BCUT2D eigenvalue weighted by Gasteiger charge is -2.10. The number of hydrogen-bond donors (Lipinski definition) is 1. The normalized spacial score (nSPS) is 12.3. The Bertz CT molecular complexity index is 861. The van der Waals surface area contributed by atoms with Gasteiger partial charge in [-0.05, 0) is 36.4 Å². The number of aromatic amines is 1. The molecule has 24 heavy (non-hydrogen) atoms. The van der Waals surface area contributed by atoms with Gasteiger partial charge in [-0.15, -0.1) is 0 Å². The summed E-state index contributed by atoms with van der Waals surface area (Å²) in [6.07, 6.45) is 2.32. The SMILES string of the molecule is COC(=O)C(C)Cc1[nH]c2ncccc2c1Sc1ccc(Cl)cc1. The summed E-state index contributed by atoms with van der Waals surface area (Å²) in [7, 11) is 1.41. The molecule has 0 aliphatic heterocycles. The molecule has 1 unspecified atom stereocenters. The van der Waals surface area contributed by atoms with Gasteiger partial charge in [-0.2, -0.15) is 0 Å². The van der Waals surface area contributed by atoms with Gasteiger partial charge in [0.15, 0.2) is 0 Å². The monoisotopic (exact) mass is 360 g/mol. The molecule has 3 rings (SSSR count). The minimum Gasteiger partial charge on any atom is -0.469 e. The van der Waals surface area contributed by atoms with Crippen molar-refractivity contribution >= 4 is 40.4 Å². The van der Waals surface area contributed by atoms with Gasteiger partial charge in [0.1, 0.15) is 5.65 Å². The van der Waals surface area contributed by atoms with Gasteiger partial charge >= 0.3 is 5.97 Å². The van der Waals surface area contributed by atoms with Crippen molar-refractivity contribution in [3.63, 3.8) is 0 Å². The van der Waals surface area contributed by atoms with Crippen LogP contribution in [0.3, 0.4) is 0 Å². The Labute approximate surface area is 149 Å². The highest BCUT2D eigenvalue weighted by Crippen LogP contribution is 2.37. The summed E-state index contributed by atoms with van der Waals surface area (Å²) in [6.45, 7) is 1.86. The van der Waals surface area contributed by atoms with Crippen LogP contribution >= 0.6 is 23.4 Å². The Morgan fingerprint density at radius 3 is 2.79 bits per heavy atom. The number of methoxy groups -OCH3 is 1. The maximum atomic E-state index is 11.8. The second kappa shape index (κ2) is 7.28. The first-order valence-electron chi connectivity index (χ1n) is 7.55. The fraction of sp³-hybridized carbons (Fsp3) is 0.222. The molecular formula is C18H17ClN2O2S. The van der Waals surface area contributed by atoms with Crippen molar-refractivity contribution in [2.75, 3.05) is 7.11 Å². The molecule has 4 nitrogen and oxygen atoms in total. The van der Waals surface area contributed by atoms with E-state index in [1.165, 1.54) is 7.11 Å². The lowest BCUT2D eigenvalue weighted by Crippen LogP contribution is -2.15. The molecule has 1 aromatic carbocycles. The summed E-state index contributed by atoms with van der Waals surface area (Å²) in [5.74, 6) is -0.448. The third-order valence-electron chi connectivity index (χ3n) is 3.74. The second-order valence-corrected chi connectivity index (χ2v) is 7.04. The maximum absolute atomic E-state index is 11.8. The Morgan fingerprint density at radius 1 is 1.33 bits per heavy atom. The van der Waals surface area contributed by atoms with Crippen molar-refractivity contribution in [2.24, 2.45) is 5.92 Å². The molecule has 2 heterocycles. The molecule has 3 aromatic rings. The fourth-order valence-corrected chi connectivity index (χ4v) is 3.69. The number of H-pyrrole nitrogens is 1. The number of rotatable bonds is 5. The summed E-state index contributed by atoms with van der Waals surface area (Å²) < 4.78 is 4.84. The first-order valence-corrected chi connectivity index (χ1v) is 8.74. The Hall–Kier alpha value is -1.98. The predicted octanol–water partition coefficient (Wildman–Crippen LogP) is 4.72. The molecule has 0 radical (unpaired) electrons. The summed E-state index contributed by atoms with van der Waals surface area (Å²) in [6, 6.07) is 11.6. The molecule has 124 valence electrons. The number of nitrogens with one attached hydrogen (secondary N) is 1. The first-order chi connectivity index (χ1) is 11.6. The van der Waals surface area contributed by atoms with E-state index in [0.717, 1.165) is 26.5 Å². The third kappa shape index (κ3) is 3.57. The van der Waals surface area contributed by atoms with Crippen molar-refractivity contribution in [1.29, 1.82) is 0 Å². The number of fused-ring (bicyclic) bond motifs is 1. The van der Waals surface area contributed by atoms with Gasteiger partial charge in [0, 0.05) is 38.5 Å². The van der Waals surface area contributed by atoms with Crippen molar-refractivity contribution in [3.05, 3.63) is 53.3 Å². The molecular weight excluding hydrogens is 344 g/mol. The lowest BCUT2D eigenvalue weighted by atomic mass is 10.1. The molecule has 1 N–H and O–H groups in total. The van der Waals surface area contributed by atoms with E-state index < -0.39 is 0 Å². The van der Waals surface area contributed by atoms with Gasteiger partial charge in [-0.3, -0.25) is 4.79 Å². The van der Waals surface area contributed by atoms with Crippen LogP contribution in [-0.4, -0.2) is 23.0 Å². The van der Waals surface area contributed by atoms with Crippen molar-refractivity contribution < 1.29 is 9.53 Å². The van der Waals surface area contributed by atoms with E-state index >= 15 is 0 Å². The smallest absolute Gasteiger partial charge is 0.308 e. The number of halogens is 1. The van der Waals surface area contributed by atoms with E-state index in [2.05, 4.69) is 9.97 Å². The van der Waals surface area contributed by atoms with Crippen LogP contribution < -0.4 is 0 Å². The summed E-state index contributed by atoms with van der Waals surface area (Å²) in [5.41, 5.74) is 1.81. The maximum Gasteiger partial charge on any atom is 0.308 e. The van der Waals surface area contributed by atoms with Crippen LogP contribution in [0.25, 0.3) is 11.0 Å². The number of pyridine rings is 1. The zero-order chi connectivity index (χ0) is 17.1. The number of benzene rings is 1. The molecule has 1 atom stereocenters. The quantitative estimate of drug-likeness (QED) is 0.669. The van der Waals surface area contributed by atoms with E-state index in [0.29, 0.717) is 11.4 Å². The van der Waals surface area contributed by atoms with Gasteiger partial charge in [0.2, 0.25) is 0 Å². The van der Waals surface area contributed by atoms with Gasteiger partial charge in [0.05, 0.1) is 13.0 Å². The molecule has 0 aliphatic rings. The van der Waals surface area contributed by atoms with Crippen molar-refractivity contribution in [1.82, 2.24) is 9.97 Å². The molecule has 0 amide bonds. The third-order valence-corrected chi connectivity index (χ3v) is 5.17. The van der Waals surface area contributed by atoms with E-state index in [1.807, 2.05) is 43.3 Å². The van der Waals surface area contributed by atoms with Gasteiger partial charge < -0.3 is 9.72 Å². The standard InChI is InChI=1S/C18H17ClN2O2S/c1-11(18(22)23-2)10-15-16(14-4-3-9-20-17(14)21-15)24-13-7-5-12(19)6-8-13/h3-9,11H,10H2,1-2H3,(H,20,21). The van der Waals surface area contributed by atoms with E-state index in [1.54, 1.807) is 18.0 Å². The van der Waals surface area contributed by atoms with E-state index in [-0.39, 0.29) is 11.9 Å². The van der Waals surface area contributed by atoms with Crippen LogP contribution in [0, 0.1) is 5.92 Å². The topological polar surface area (TPSA) is 55.0 Å². The first kappa shape index (κ1) is 16.9. The number of nitrogens with zero attached hydrogens (tertiary/aromatic N) is 1. The number of esters is 1. The van der Waals surface area contributed by atoms with Gasteiger partial charge in [0.25, 0.3) is 0 Å². The van der Waals surface area contributed by atoms with Crippen LogP contribution in [0.2, 0.25) is 5.02 Å². The predicted molar refractivity (Wildman–Crippen MR) is 96.6 cm³/mol. The average molecular weight is 361 g/mol. The largest absolute Gasteiger partial charge is 0.469 e. The molecule has 2 aromatic heterocycles. The molecule has 0 bridgehead atoms. The van der Waals surface area contributed by atoms with E-state index in [4.69, 9.17) is 16.3 Å². The summed E-state index contributed by atoms with van der Waals surface area (Å²) >= 11 is 7.60. The number of carbonyl (C=O) groups excluding carboxylic acids is 1. The van der Waals surface area contributed by atoms with Crippen LogP contribution in [-0.2, 0) is 16.0 Å². The Balaban J connectivity index is 1.98. The fourth-order valence-electron chi connectivity index (χ4n) is 2.52. The Morgan fingerprint density at radius 2 is 2.08 bits per heavy atom. The van der Waals surface area contributed by atoms with Crippen LogP contribution in [0.1, 0.15) is 12.6 Å². The highest BCUT2D eigenvalue weighted by atomic mass is 35.5. The second-order valence-electron chi connectivity index (χ2n) is 5.52. The summed E-state index contributed by atoms with van der Waals surface area (Å²) in [5, 5.41) is 1.75. The molecule has 0 fully saturated rings. The minimum atomic E-state index is -0.229. The number of aromatic nitrogens is 2. The minimum absolute atomic E-state index is 0.218. The lowest BCUT2D eigenvalue weighted by molar-refractivity contribution is -0.144. The Kier molecular flexibility index (Phi) is 5.11. The van der Waals surface area contributed by atoms with Gasteiger partial charge in [-0.25, -0.2) is 4.98 Å². The summed E-state index contributed by atoms with van der Waals surface area (Å²) in [4.78, 5) is 21.6. The number of hydrogen-bond acceptors (Lipinski definition) is 4. The highest BCUT2D eigenvalue weighted by molar-refractivity contribution is 7.99. The van der Waals surface area contributed by atoms with Crippen LogP contribution in [0.5, 0.6) is 0 Å².